The molecule has 11 heteroatoms. The van der Waals surface area contributed by atoms with Gasteiger partial charge in [0.2, 0.25) is 0 Å². The van der Waals surface area contributed by atoms with Crippen LogP contribution in [-0.2, 0) is 14.5 Å². The third kappa shape index (κ3) is 4.91. The van der Waals surface area contributed by atoms with Gasteiger partial charge in [0.05, 0.1) is 45.2 Å². The second-order valence-corrected chi connectivity index (χ2v) is 11.8. The minimum atomic E-state index is -2.20. The number of anilines is 2. The van der Waals surface area contributed by atoms with Crippen LogP contribution < -0.4 is 10.1 Å². The fourth-order valence-corrected chi connectivity index (χ4v) is 6.98. The highest BCUT2D eigenvalue weighted by molar-refractivity contribution is 14.1. The molecule has 2 N–H and O–H groups in total. The van der Waals surface area contributed by atoms with Crippen LogP contribution >= 0.6 is 22.6 Å². The van der Waals surface area contributed by atoms with Crippen LogP contribution in [0.5, 0.6) is 5.75 Å². The molecule has 2 atom stereocenters. The van der Waals surface area contributed by atoms with Crippen molar-refractivity contribution in [2.45, 2.75) is 25.0 Å². The van der Waals surface area contributed by atoms with E-state index in [1.807, 2.05) is 12.1 Å². The maximum atomic E-state index is 14.0. The third-order valence-electron chi connectivity index (χ3n) is 5.60. The topological polar surface area (TPSA) is 106 Å². The van der Waals surface area contributed by atoms with Crippen molar-refractivity contribution >= 4 is 60.4 Å². The van der Waals surface area contributed by atoms with Crippen molar-refractivity contribution in [3.05, 3.63) is 46.0 Å². The summed E-state index contributed by atoms with van der Waals surface area (Å²) in [5.74, 6) is 1.56. The molecule has 5 rings (SSSR count). The fraction of sp³-hybridized carbons (Fsp3) is 0.364. The summed E-state index contributed by atoms with van der Waals surface area (Å²) < 4.78 is 43.3. The van der Waals surface area contributed by atoms with Crippen molar-refractivity contribution in [3.63, 3.8) is 0 Å². The van der Waals surface area contributed by atoms with Crippen LogP contribution in [0, 0.1) is 9.39 Å². The Morgan fingerprint density at radius 1 is 1.21 bits per heavy atom. The van der Waals surface area contributed by atoms with Crippen LogP contribution in [0.3, 0.4) is 0 Å². The molecule has 2 saturated heterocycles. The van der Waals surface area contributed by atoms with Gasteiger partial charge in [-0.3, -0.25) is 0 Å². The van der Waals surface area contributed by atoms with Gasteiger partial charge in [0.1, 0.15) is 29.8 Å². The standard InChI is InChI=1S/C22H22FIN4O4S/c23-13-3-4-16(19(7-13)32-20-11-31-10-18(20)29)27-22-21-15(24)8-14(9-17(21)25-12-26-22)28-33(30)5-1-2-6-33/h3-4,7-9,12,18,20,29H,1-2,5-6,10-11H2,(H,25,26,27)/t18-,20-/m0/s1. The Kier molecular flexibility index (Phi) is 6.38. The molecule has 33 heavy (non-hydrogen) atoms. The molecular formula is C22H22FIN4O4S. The Morgan fingerprint density at radius 2 is 2.03 bits per heavy atom. The summed E-state index contributed by atoms with van der Waals surface area (Å²) in [7, 11) is -2.20. The van der Waals surface area contributed by atoms with E-state index in [1.54, 1.807) is 6.07 Å². The molecule has 8 nitrogen and oxygen atoms in total. The summed E-state index contributed by atoms with van der Waals surface area (Å²) in [5, 5.41) is 14.0. The summed E-state index contributed by atoms with van der Waals surface area (Å²) in [6, 6.07) is 7.82. The zero-order chi connectivity index (χ0) is 23.0. The lowest BCUT2D eigenvalue weighted by atomic mass is 10.2. The average molecular weight is 584 g/mol. The first-order chi connectivity index (χ1) is 15.9. The van der Waals surface area contributed by atoms with Crippen LogP contribution in [0.25, 0.3) is 10.9 Å². The quantitative estimate of drug-likeness (QED) is 0.435. The molecule has 1 aromatic heterocycles. The van der Waals surface area contributed by atoms with Gasteiger partial charge in [0.25, 0.3) is 0 Å². The van der Waals surface area contributed by atoms with Gasteiger partial charge in [-0.1, -0.05) is 0 Å². The van der Waals surface area contributed by atoms with Crippen molar-refractivity contribution in [2.24, 2.45) is 4.36 Å². The van der Waals surface area contributed by atoms with Crippen LogP contribution in [0.4, 0.5) is 21.6 Å². The van der Waals surface area contributed by atoms with Gasteiger partial charge in [0, 0.05) is 21.1 Å². The molecule has 0 radical (unpaired) electrons. The van der Waals surface area contributed by atoms with E-state index in [0.717, 1.165) is 21.8 Å². The Labute approximate surface area is 204 Å². The van der Waals surface area contributed by atoms with Gasteiger partial charge in [-0.15, -0.1) is 0 Å². The number of nitrogens with zero attached hydrogens (tertiary/aromatic N) is 3. The maximum absolute atomic E-state index is 14.0. The monoisotopic (exact) mass is 584 g/mol. The highest BCUT2D eigenvalue weighted by Crippen LogP contribution is 2.35. The lowest BCUT2D eigenvalue weighted by Crippen LogP contribution is -2.30. The second kappa shape index (κ2) is 9.28. The summed E-state index contributed by atoms with van der Waals surface area (Å²) in [6.07, 6.45) is 1.94. The Bertz CT molecular complexity index is 1320. The number of rotatable bonds is 5. The number of halogens is 2. The van der Waals surface area contributed by atoms with Crippen molar-refractivity contribution in [3.8, 4) is 5.75 Å². The molecule has 0 amide bonds. The highest BCUT2D eigenvalue weighted by atomic mass is 127. The largest absolute Gasteiger partial charge is 0.483 e. The number of ether oxygens (including phenoxy) is 2. The molecule has 0 bridgehead atoms. The minimum Gasteiger partial charge on any atom is -0.483 e. The molecule has 0 saturated carbocycles. The smallest absolute Gasteiger partial charge is 0.150 e. The maximum Gasteiger partial charge on any atom is 0.150 e. The number of hydrogen-bond acceptors (Lipinski definition) is 8. The van der Waals surface area contributed by atoms with Crippen LogP contribution in [0.2, 0.25) is 0 Å². The molecule has 0 aliphatic carbocycles. The van der Waals surface area contributed by atoms with E-state index in [0.29, 0.717) is 34.2 Å². The van der Waals surface area contributed by atoms with Gasteiger partial charge in [0.15, 0.2) is 6.10 Å². The Hall–Kier alpha value is -2.09. The number of benzene rings is 2. The zero-order valence-electron chi connectivity index (χ0n) is 17.5. The first-order valence-corrected chi connectivity index (χ1v) is 13.5. The second-order valence-electron chi connectivity index (χ2n) is 8.05. The molecule has 3 heterocycles. The lowest BCUT2D eigenvalue weighted by molar-refractivity contribution is 0.0736. The van der Waals surface area contributed by atoms with E-state index in [1.165, 1.54) is 18.5 Å². The number of aliphatic hydroxyl groups is 1. The number of fused-ring (bicyclic) bond motifs is 1. The molecule has 2 fully saturated rings. The van der Waals surface area contributed by atoms with E-state index in [9.17, 15) is 13.7 Å². The van der Waals surface area contributed by atoms with Crippen molar-refractivity contribution in [1.29, 1.82) is 0 Å². The fourth-order valence-electron chi connectivity index (χ4n) is 3.94. The number of hydrogen-bond donors (Lipinski definition) is 2. The van der Waals surface area contributed by atoms with Gasteiger partial charge in [-0.05, 0) is 59.7 Å². The van der Waals surface area contributed by atoms with Crippen molar-refractivity contribution in [1.82, 2.24) is 9.97 Å². The Morgan fingerprint density at radius 3 is 2.79 bits per heavy atom. The van der Waals surface area contributed by atoms with Crippen LogP contribution in [0.15, 0.2) is 41.0 Å². The molecule has 3 aromatic rings. The number of nitrogens with one attached hydrogen (secondary N) is 1. The van der Waals surface area contributed by atoms with E-state index < -0.39 is 27.8 Å². The minimum absolute atomic E-state index is 0.178. The summed E-state index contributed by atoms with van der Waals surface area (Å²) in [6.45, 7) is 0.401. The summed E-state index contributed by atoms with van der Waals surface area (Å²) >= 11 is 2.19. The summed E-state index contributed by atoms with van der Waals surface area (Å²) in [4.78, 5) is 8.76. The average Bonchev–Trinajstić information content (AvgIpc) is 3.38. The molecule has 0 spiro atoms. The van der Waals surface area contributed by atoms with E-state index in [2.05, 4.69) is 42.2 Å². The van der Waals surface area contributed by atoms with E-state index in [-0.39, 0.29) is 19.0 Å². The first kappa shape index (κ1) is 22.7. The van der Waals surface area contributed by atoms with E-state index >= 15 is 0 Å². The van der Waals surface area contributed by atoms with Gasteiger partial charge in [-0.25, -0.2) is 18.6 Å². The predicted molar refractivity (Wildman–Crippen MR) is 132 cm³/mol. The van der Waals surface area contributed by atoms with Gasteiger partial charge < -0.3 is 19.9 Å². The molecule has 0 unspecified atom stereocenters. The summed E-state index contributed by atoms with van der Waals surface area (Å²) in [5.41, 5.74) is 1.79. The normalized spacial score (nSPS) is 21.9. The van der Waals surface area contributed by atoms with Crippen LogP contribution in [0.1, 0.15) is 12.8 Å². The molecule has 2 aromatic carbocycles. The van der Waals surface area contributed by atoms with E-state index in [4.69, 9.17) is 9.47 Å². The molecule has 174 valence electrons. The first-order valence-electron chi connectivity index (χ1n) is 10.6. The molecule has 2 aliphatic rings. The molecular weight excluding hydrogens is 562 g/mol. The number of aromatic nitrogens is 2. The number of aliphatic hydroxyl groups excluding tert-OH is 1. The van der Waals surface area contributed by atoms with Crippen molar-refractivity contribution in [2.75, 3.05) is 30.0 Å². The predicted octanol–water partition coefficient (Wildman–Crippen LogP) is 4.15. The molecule has 2 aliphatic heterocycles. The van der Waals surface area contributed by atoms with Crippen LogP contribution in [-0.4, -0.2) is 56.2 Å². The SMILES string of the molecule is O=S1(=Nc2cc(I)c3c(Nc4ccc(F)cc4O[C@H]4COC[C@@H]4O)ncnc3c2)CCCC1. The highest BCUT2D eigenvalue weighted by Gasteiger charge is 2.29. The van der Waals surface area contributed by atoms with Gasteiger partial charge >= 0.3 is 0 Å². The zero-order valence-corrected chi connectivity index (χ0v) is 20.5. The van der Waals surface area contributed by atoms with Gasteiger partial charge in [-0.2, -0.15) is 4.36 Å². The Balaban J connectivity index is 1.50. The van der Waals surface area contributed by atoms with Crippen molar-refractivity contribution < 1.29 is 23.2 Å². The lowest BCUT2D eigenvalue weighted by Gasteiger charge is -2.19. The third-order valence-corrected chi connectivity index (χ3v) is 8.85.